The lowest BCUT2D eigenvalue weighted by atomic mass is 9.47. The fourth-order valence-corrected chi connectivity index (χ4v) is 7.04. The van der Waals surface area contributed by atoms with Crippen LogP contribution >= 0.6 is 0 Å². The number of carbonyl (C=O) groups is 5. The Morgan fingerprint density at radius 1 is 1.14 bits per heavy atom. The lowest BCUT2D eigenvalue weighted by molar-refractivity contribution is -0.162. The number of rotatable bonds is 11. The number of methoxy groups -OCH3 is 1. The first kappa shape index (κ1) is 29.4. The number of carbonyl (C=O) groups excluding carboxylic acids is 3. The Kier molecular flexibility index (Phi) is 7.64. The predicted octanol–water partition coefficient (Wildman–Crippen LogP) is 1.37. The van der Waals surface area contributed by atoms with E-state index in [9.17, 15) is 29.1 Å². The maximum atomic E-state index is 12.8. The first-order valence-electron chi connectivity index (χ1n) is 13.9. The van der Waals surface area contributed by atoms with Gasteiger partial charge in [-0.1, -0.05) is 12.5 Å². The highest BCUT2D eigenvalue weighted by Crippen LogP contribution is 2.67. The largest absolute Gasteiger partial charge is 0.493 e. The van der Waals surface area contributed by atoms with E-state index in [4.69, 9.17) is 29.2 Å². The summed E-state index contributed by atoms with van der Waals surface area (Å²) in [5.74, 6) is -4.25. The minimum absolute atomic E-state index is 0.0292. The minimum Gasteiger partial charge on any atom is -0.493 e. The summed E-state index contributed by atoms with van der Waals surface area (Å²) < 4.78 is 22.7. The van der Waals surface area contributed by atoms with E-state index in [1.807, 2.05) is 17.4 Å². The lowest BCUT2D eigenvalue weighted by Gasteiger charge is -2.59. The normalized spacial score (nSPS) is 27.7. The molecular weight excluding hydrogens is 554 g/mol. The van der Waals surface area contributed by atoms with Crippen LogP contribution in [0.3, 0.4) is 0 Å². The first-order chi connectivity index (χ1) is 19.9. The van der Waals surface area contributed by atoms with Crippen LogP contribution in [-0.2, 0) is 45.3 Å². The van der Waals surface area contributed by atoms with Gasteiger partial charge in [0.1, 0.15) is 11.8 Å². The van der Waals surface area contributed by atoms with Crippen LogP contribution in [0.2, 0.25) is 0 Å². The molecule has 6 atom stereocenters. The summed E-state index contributed by atoms with van der Waals surface area (Å²) in [5.41, 5.74) is 0.139. The van der Waals surface area contributed by atoms with E-state index in [0.29, 0.717) is 17.9 Å². The van der Waals surface area contributed by atoms with E-state index in [1.54, 1.807) is 13.2 Å². The third-order valence-electron chi connectivity index (χ3n) is 8.90. The number of hydrogen-bond donors (Lipinski definition) is 4. The van der Waals surface area contributed by atoms with Crippen LogP contribution in [0.5, 0.6) is 11.5 Å². The molecule has 226 valence electrons. The molecule has 4 aliphatic rings. The number of ether oxygens (including phenoxy) is 4. The molecule has 5 rings (SSSR count). The summed E-state index contributed by atoms with van der Waals surface area (Å²) in [6.45, 7) is 1.19. The van der Waals surface area contributed by atoms with Gasteiger partial charge in [-0.3, -0.25) is 19.2 Å². The van der Waals surface area contributed by atoms with Crippen molar-refractivity contribution in [2.24, 2.45) is 5.92 Å². The lowest BCUT2D eigenvalue weighted by Crippen LogP contribution is -2.67. The van der Waals surface area contributed by atoms with Crippen molar-refractivity contribution >= 4 is 29.8 Å². The maximum absolute atomic E-state index is 12.8. The molecule has 1 heterocycles. The van der Waals surface area contributed by atoms with Crippen LogP contribution in [0.4, 0.5) is 0 Å². The van der Waals surface area contributed by atoms with Crippen molar-refractivity contribution in [2.45, 2.75) is 87.6 Å². The molecule has 1 aliphatic heterocycles. The quantitative estimate of drug-likeness (QED) is 0.272. The molecular formula is C29H33NO12. The van der Waals surface area contributed by atoms with Crippen molar-refractivity contribution < 1.29 is 58.2 Å². The fraction of sp³-hybridized carbons (Fsp3) is 0.552. The van der Waals surface area contributed by atoms with Gasteiger partial charge in [-0.25, -0.2) is 4.79 Å². The van der Waals surface area contributed by atoms with E-state index in [0.717, 1.165) is 30.4 Å². The first-order valence-corrected chi connectivity index (χ1v) is 13.9. The van der Waals surface area contributed by atoms with Gasteiger partial charge in [-0.05, 0) is 56.2 Å². The van der Waals surface area contributed by atoms with E-state index in [1.165, 1.54) is 6.92 Å². The fourth-order valence-electron chi connectivity index (χ4n) is 7.04. The van der Waals surface area contributed by atoms with Crippen LogP contribution in [0, 0.1) is 5.92 Å². The zero-order valence-electron chi connectivity index (χ0n) is 23.2. The molecule has 3 aliphatic carbocycles. The van der Waals surface area contributed by atoms with Gasteiger partial charge in [0.2, 0.25) is 0 Å². The van der Waals surface area contributed by atoms with Gasteiger partial charge >= 0.3 is 23.9 Å². The smallest absolute Gasteiger partial charge is 0.326 e. The van der Waals surface area contributed by atoms with Crippen LogP contribution in [0.25, 0.3) is 0 Å². The number of esters is 2. The summed E-state index contributed by atoms with van der Waals surface area (Å²) in [4.78, 5) is 59.3. The molecule has 0 unspecified atom stereocenters. The van der Waals surface area contributed by atoms with Crippen LogP contribution in [0.1, 0.15) is 63.0 Å². The third-order valence-corrected chi connectivity index (χ3v) is 8.90. The third kappa shape index (κ3) is 4.75. The van der Waals surface area contributed by atoms with Crippen molar-refractivity contribution in [3.63, 3.8) is 0 Å². The summed E-state index contributed by atoms with van der Waals surface area (Å²) in [7, 11) is 1.54. The molecule has 1 spiro atoms. The average Bonchev–Trinajstić information content (AvgIpc) is 3.27. The molecule has 4 N–H and O–H groups in total. The second-order valence-corrected chi connectivity index (χ2v) is 11.2. The van der Waals surface area contributed by atoms with Crippen molar-refractivity contribution in [3.05, 3.63) is 35.1 Å². The number of carboxylic acid groups (broad SMARTS) is 2. The molecule has 42 heavy (non-hydrogen) atoms. The van der Waals surface area contributed by atoms with E-state index < -0.39 is 71.9 Å². The Hall–Kier alpha value is -4.13. The van der Waals surface area contributed by atoms with Gasteiger partial charge in [0.15, 0.2) is 23.7 Å². The molecule has 13 heteroatoms. The number of carboxylic acids is 2. The van der Waals surface area contributed by atoms with Gasteiger partial charge < -0.3 is 39.6 Å². The van der Waals surface area contributed by atoms with Crippen molar-refractivity contribution in [2.75, 3.05) is 7.11 Å². The molecule has 0 saturated heterocycles. The van der Waals surface area contributed by atoms with Gasteiger partial charge in [0.25, 0.3) is 5.91 Å². The zero-order chi connectivity index (χ0) is 30.4. The number of aliphatic hydroxyl groups is 1. The minimum atomic E-state index is -1.70. The van der Waals surface area contributed by atoms with Crippen molar-refractivity contribution in [3.8, 4) is 11.5 Å². The number of amides is 1. The SMILES string of the molecule is COc1ccc2c3c1O[C@H]1C(OC(=O)CCC(=O)O[C@@H](C)C(=O)N[C@H](CC(=O)O)C(=O)O)=CC[C@@]4(O)[C@H](CCC[C@]314)C2. The topological polar surface area (TPSA) is 195 Å². The van der Waals surface area contributed by atoms with Gasteiger partial charge in [0, 0.05) is 5.56 Å². The number of nitrogens with one attached hydrogen (secondary N) is 1. The Balaban J connectivity index is 1.23. The summed E-state index contributed by atoms with van der Waals surface area (Å²) in [6, 6.07) is 2.16. The van der Waals surface area contributed by atoms with Gasteiger partial charge in [-0.2, -0.15) is 0 Å². The molecule has 2 bridgehead atoms. The number of aliphatic carboxylic acids is 2. The molecule has 0 aromatic heterocycles. The number of hydrogen-bond acceptors (Lipinski definition) is 10. The van der Waals surface area contributed by atoms with Crippen LogP contribution < -0.4 is 14.8 Å². The summed E-state index contributed by atoms with van der Waals surface area (Å²) >= 11 is 0. The summed E-state index contributed by atoms with van der Waals surface area (Å²) in [5, 5.41) is 32.0. The highest BCUT2D eigenvalue weighted by molar-refractivity contribution is 5.90. The van der Waals surface area contributed by atoms with Gasteiger partial charge in [0.05, 0.1) is 37.4 Å². The molecule has 1 saturated carbocycles. The Bertz CT molecular complexity index is 1370. The number of benzene rings is 1. The molecule has 0 radical (unpaired) electrons. The van der Waals surface area contributed by atoms with E-state index in [-0.39, 0.29) is 24.5 Å². The monoisotopic (exact) mass is 587 g/mol. The van der Waals surface area contributed by atoms with Crippen molar-refractivity contribution in [1.29, 1.82) is 0 Å². The molecule has 1 fully saturated rings. The Morgan fingerprint density at radius 3 is 2.57 bits per heavy atom. The van der Waals surface area contributed by atoms with Crippen LogP contribution in [-0.4, -0.2) is 76.1 Å². The second-order valence-electron chi connectivity index (χ2n) is 11.2. The van der Waals surface area contributed by atoms with Gasteiger partial charge in [-0.15, -0.1) is 0 Å². The van der Waals surface area contributed by atoms with Crippen LogP contribution in [0.15, 0.2) is 24.0 Å². The second kappa shape index (κ2) is 10.9. The summed E-state index contributed by atoms with van der Waals surface area (Å²) in [6.07, 6.45) is 1.25. The zero-order valence-corrected chi connectivity index (χ0v) is 23.2. The predicted molar refractivity (Wildman–Crippen MR) is 140 cm³/mol. The highest BCUT2D eigenvalue weighted by atomic mass is 16.6. The Labute approximate surface area is 240 Å². The highest BCUT2D eigenvalue weighted by Gasteiger charge is 2.70. The maximum Gasteiger partial charge on any atom is 0.326 e. The standard InChI is InChI=1S/C29H33NO12/c1-14(26(35)30-17(27(36)37)13-20(31)32)40-21(33)7-8-22(34)41-19-9-11-29(38)16-4-3-10-28(29)23-15(12-16)5-6-18(39-2)24(23)42-25(19)28/h5-6,9,14,16-17,25,38H,3-4,7-8,10-13H2,1-2H3,(H,30,35)(H,31,32)(H,36,37)/t14-,16+,17+,25-,28-,29+/m0/s1. The molecule has 1 aromatic rings. The average molecular weight is 588 g/mol. The Morgan fingerprint density at radius 2 is 1.88 bits per heavy atom. The van der Waals surface area contributed by atoms with E-state index in [2.05, 4.69) is 0 Å². The van der Waals surface area contributed by atoms with Crippen molar-refractivity contribution in [1.82, 2.24) is 5.32 Å². The molecule has 1 aromatic carbocycles. The van der Waals surface area contributed by atoms with E-state index >= 15 is 0 Å². The molecule has 13 nitrogen and oxygen atoms in total. The molecule has 1 amide bonds.